The van der Waals surface area contributed by atoms with Crippen molar-refractivity contribution in [2.45, 2.75) is 19.8 Å². The van der Waals surface area contributed by atoms with Gasteiger partial charge in [-0.2, -0.15) is 0 Å². The number of amides is 1. The topological polar surface area (TPSA) is 74.2 Å². The highest BCUT2D eigenvalue weighted by Crippen LogP contribution is 2.21. The molecule has 8 heteroatoms. The number of halogens is 1. The molecule has 1 amide bonds. The fourth-order valence-electron chi connectivity index (χ4n) is 3.48. The largest absolute Gasteiger partial charge is 0.338 e. The van der Waals surface area contributed by atoms with Crippen molar-refractivity contribution in [1.82, 2.24) is 19.9 Å². The van der Waals surface area contributed by atoms with E-state index >= 15 is 0 Å². The van der Waals surface area contributed by atoms with Gasteiger partial charge in [0.2, 0.25) is 11.9 Å². The van der Waals surface area contributed by atoms with Gasteiger partial charge < -0.3 is 15.1 Å². The summed E-state index contributed by atoms with van der Waals surface area (Å²) in [5.74, 6) is 1.18. The molecule has 0 atom stereocenters. The third-order valence-electron chi connectivity index (χ3n) is 5.31. The number of rotatable bonds is 5. The quantitative estimate of drug-likeness (QED) is 0.677. The lowest BCUT2D eigenvalue weighted by Gasteiger charge is -2.32. The molecule has 7 nitrogen and oxygen atoms in total. The fourth-order valence-corrected chi connectivity index (χ4v) is 3.60. The van der Waals surface area contributed by atoms with Crippen LogP contribution in [0.4, 0.5) is 11.8 Å². The highest BCUT2D eigenvalue weighted by Gasteiger charge is 2.18. The van der Waals surface area contributed by atoms with E-state index in [1.807, 2.05) is 37.3 Å². The van der Waals surface area contributed by atoms with Crippen LogP contribution in [0.3, 0.4) is 0 Å². The van der Waals surface area contributed by atoms with Crippen LogP contribution >= 0.6 is 11.6 Å². The first-order chi connectivity index (χ1) is 14.5. The van der Waals surface area contributed by atoms with Gasteiger partial charge in [0, 0.05) is 37.6 Å². The fraction of sp³-hybridized carbons (Fsp3) is 0.364. The van der Waals surface area contributed by atoms with Crippen LogP contribution in [0, 0.1) is 6.92 Å². The molecule has 0 radical (unpaired) electrons. The zero-order valence-corrected chi connectivity index (χ0v) is 18.0. The van der Waals surface area contributed by atoms with E-state index in [1.165, 1.54) is 0 Å². The molecule has 3 heterocycles. The number of carbonyl (C=O) groups is 1. The lowest BCUT2D eigenvalue weighted by Crippen LogP contribution is -2.45. The maximum Gasteiger partial charge on any atom is 0.226 e. The van der Waals surface area contributed by atoms with Gasteiger partial charge in [-0.25, -0.2) is 15.0 Å². The first kappa shape index (κ1) is 20.5. The van der Waals surface area contributed by atoms with Gasteiger partial charge in [-0.15, -0.1) is 0 Å². The smallest absolute Gasteiger partial charge is 0.226 e. The number of likely N-dealkylation sites (N-methyl/N-ethyl adjacent to an activating group) is 1. The molecule has 0 spiro atoms. The molecule has 30 heavy (non-hydrogen) atoms. The summed E-state index contributed by atoms with van der Waals surface area (Å²) in [5.41, 5.74) is 3.38. The normalized spacial score (nSPS) is 14.8. The Balaban J connectivity index is 1.43. The number of piperazine rings is 1. The van der Waals surface area contributed by atoms with Crippen molar-refractivity contribution < 1.29 is 4.79 Å². The first-order valence-corrected chi connectivity index (χ1v) is 10.5. The van der Waals surface area contributed by atoms with E-state index in [9.17, 15) is 4.79 Å². The molecule has 3 aromatic rings. The van der Waals surface area contributed by atoms with Crippen molar-refractivity contribution >= 4 is 40.3 Å². The molecule has 0 unspecified atom stereocenters. The summed E-state index contributed by atoms with van der Waals surface area (Å²) in [6.45, 7) is 5.76. The van der Waals surface area contributed by atoms with E-state index in [2.05, 4.69) is 32.1 Å². The van der Waals surface area contributed by atoms with Gasteiger partial charge in [0.1, 0.15) is 11.3 Å². The van der Waals surface area contributed by atoms with E-state index in [4.69, 9.17) is 16.6 Å². The zero-order valence-electron chi connectivity index (χ0n) is 17.2. The Bertz CT molecular complexity index is 1050. The number of carbonyl (C=O) groups excluding carboxylic acids is 1. The number of nitrogens with one attached hydrogen (secondary N) is 1. The Morgan fingerprint density at radius 1 is 1.03 bits per heavy atom. The highest BCUT2D eigenvalue weighted by atomic mass is 35.5. The summed E-state index contributed by atoms with van der Waals surface area (Å²) in [6.07, 6.45) is 1.02. The molecule has 4 rings (SSSR count). The van der Waals surface area contributed by atoms with Crippen molar-refractivity contribution in [2.75, 3.05) is 43.4 Å². The molecule has 1 aliphatic rings. The third kappa shape index (κ3) is 4.86. The second-order valence-corrected chi connectivity index (χ2v) is 8.07. The van der Waals surface area contributed by atoms with Gasteiger partial charge in [0.15, 0.2) is 0 Å². The van der Waals surface area contributed by atoms with Crippen LogP contribution in [0.2, 0.25) is 5.02 Å². The predicted octanol–water partition coefficient (Wildman–Crippen LogP) is 3.31. The molecule has 2 aromatic heterocycles. The van der Waals surface area contributed by atoms with Gasteiger partial charge in [-0.3, -0.25) is 4.79 Å². The van der Waals surface area contributed by atoms with E-state index in [0.717, 1.165) is 48.9 Å². The van der Waals surface area contributed by atoms with Crippen LogP contribution in [-0.4, -0.2) is 59.0 Å². The lowest BCUT2D eigenvalue weighted by atomic mass is 10.1. The Morgan fingerprint density at radius 2 is 1.77 bits per heavy atom. The van der Waals surface area contributed by atoms with Crippen molar-refractivity contribution in [3.05, 3.63) is 52.7 Å². The Hall–Kier alpha value is -2.77. The van der Waals surface area contributed by atoms with Crippen molar-refractivity contribution in [2.24, 2.45) is 0 Å². The average molecular weight is 425 g/mol. The Morgan fingerprint density at radius 3 is 2.50 bits per heavy atom. The SMILES string of the molecule is Cc1nc(N2CCN(C)CC2)nc2ccc(NC(=O)CCc3ccc(Cl)cc3)nc12. The number of fused-ring (bicyclic) bond motifs is 1. The second-order valence-electron chi connectivity index (χ2n) is 7.64. The van der Waals surface area contributed by atoms with Gasteiger partial charge >= 0.3 is 0 Å². The number of nitrogens with zero attached hydrogens (tertiary/aromatic N) is 5. The molecule has 1 aromatic carbocycles. The summed E-state index contributed by atoms with van der Waals surface area (Å²) < 4.78 is 0. The third-order valence-corrected chi connectivity index (χ3v) is 5.56. The van der Waals surface area contributed by atoms with Gasteiger partial charge in [0.25, 0.3) is 0 Å². The van der Waals surface area contributed by atoms with E-state index in [1.54, 1.807) is 6.07 Å². The van der Waals surface area contributed by atoms with Crippen LogP contribution in [-0.2, 0) is 11.2 Å². The molecular weight excluding hydrogens is 400 g/mol. The number of anilines is 2. The lowest BCUT2D eigenvalue weighted by molar-refractivity contribution is -0.116. The minimum atomic E-state index is -0.0792. The minimum absolute atomic E-state index is 0.0792. The van der Waals surface area contributed by atoms with Gasteiger partial charge in [0.05, 0.1) is 11.2 Å². The number of aromatic nitrogens is 3. The molecule has 1 aliphatic heterocycles. The van der Waals surface area contributed by atoms with Crippen molar-refractivity contribution in [1.29, 1.82) is 0 Å². The summed E-state index contributed by atoms with van der Waals surface area (Å²) in [6, 6.07) is 11.2. The zero-order chi connectivity index (χ0) is 21.1. The molecule has 0 saturated carbocycles. The van der Waals surface area contributed by atoms with E-state index < -0.39 is 0 Å². The highest BCUT2D eigenvalue weighted by molar-refractivity contribution is 6.30. The Kier molecular flexibility index (Phi) is 6.11. The average Bonchev–Trinajstić information content (AvgIpc) is 2.74. The predicted molar refractivity (Wildman–Crippen MR) is 120 cm³/mol. The Labute approximate surface area is 181 Å². The molecule has 0 aliphatic carbocycles. The van der Waals surface area contributed by atoms with Crippen LogP contribution < -0.4 is 10.2 Å². The van der Waals surface area contributed by atoms with Crippen molar-refractivity contribution in [3.8, 4) is 0 Å². The van der Waals surface area contributed by atoms with Crippen LogP contribution in [0.5, 0.6) is 0 Å². The molecule has 1 saturated heterocycles. The van der Waals surface area contributed by atoms with E-state index in [-0.39, 0.29) is 5.91 Å². The maximum atomic E-state index is 12.3. The number of hydrogen-bond acceptors (Lipinski definition) is 6. The number of pyridine rings is 1. The maximum absolute atomic E-state index is 12.3. The number of aryl methyl sites for hydroxylation is 2. The van der Waals surface area contributed by atoms with Gasteiger partial charge in [-0.05, 0) is 50.2 Å². The molecule has 1 fully saturated rings. The summed E-state index contributed by atoms with van der Waals surface area (Å²) in [4.78, 5) is 30.8. The standard InChI is InChI=1S/C22H25ClN6O/c1-15-21-18(25-22(24-15)29-13-11-28(2)12-14-29)8-9-19(27-21)26-20(30)10-5-16-3-6-17(23)7-4-16/h3-4,6-9H,5,10-14H2,1-2H3,(H,26,27,30). The molecule has 156 valence electrons. The van der Waals surface area contributed by atoms with Crippen molar-refractivity contribution in [3.63, 3.8) is 0 Å². The molecule has 0 bridgehead atoms. The molecular formula is C22H25ClN6O. The summed E-state index contributed by atoms with van der Waals surface area (Å²) in [7, 11) is 2.12. The monoisotopic (exact) mass is 424 g/mol. The van der Waals surface area contributed by atoms with Gasteiger partial charge in [-0.1, -0.05) is 23.7 Å². The van der Waals surface area contributed by atoms with Crippen LogP contribution in [0.15, 0.2) is 36.4 Å². The second kappa shape index (κ2) is 8.93. The van der Waals surface area contributed by atoms with Crippen LogP contribution in [0.25, 0.3) is 11.0 Å². The summed E-state index contributed by atoms with van der Waals surface area (Å²) >= 11 is 5.90. The minimum Gasteiger partial charge on any atom is -0.338 e. The number of hydrogen-bond donors (Lipinski definition) is 1. The number of benzene rings is 1. The van der Waals surface area contributed by atoms with E-state index in [0.29, 0.717) is 29.2 Å². The first-order valence-electron chi connectivity index (χ1n) is 10.1. The molecule has 1 N–H and O–H groups in total. The summed E-state index contributed by atoms with van der Waals surface area (Å²) in [5, 5.41) is 3.57. The van der Waals surface area contributed by atoms with Crippen LogP contribution in [0.1, 0.15) is 17.7 Å².